The maximum absolute atomic E-state index is 9.46. The van der Waals surface area contributed by atoms with Crippen LogP contribution in [-0.4, -0.2) is 47.1 Å². The summed E-state index contributed by atoms with van der Waals surface area (Å²) < 4.78 is 0. The molecule has 1 atom stereocenters. The Kier molecular flexibility index (Phi) is 10.0. The van der Waals surface area contributed by atoms with E-state index in [1.807, 2.05) is 0 Å². The van der Waals surface area contributed by atoms with Crippen molar-refractivity contribution in [3.8, 4) is 0 Å². The van der Waals surface area contributed by atoms with Crippen LogP contribution < -0.4 is 0 Å². The summed E-state index contributed by atoms with van der Waals surface area (Å²) >= 11 is 0. The fourth-order valence-electron chi connectivity index (χ4n) is 0.139. The van der Waals surface area contributed by atoms with Gasteiger partial charge in [-0.3, -0.25) is 0 Å². The minimum absolute atomic E-state index is 0. The Hall–Kier alpha value is 0.630. The number of aliphatic hydroxyl groups is 1. The Morgan fingerprint density at radius 3 is 2.29 bits per heavy atom. The number of aldehydes is 1. The van der Waals surface area contributed by atoms with E-state index in [9.17, 15) is 4.79 Å². The molecule has 2 nitrogen and oxygen atoms in total. The molecule has 0 saturated carbocycles. The first-order valence-electron chi connectivity index (χ1n) is 1.89. The zero-order chi connectivity index (χ0) is 4.99. The van der Waals surface area contributed by atoms with E-state index >= 15 is 0 Å². The molecule has 7 heavy (non-hydrogen) atoms. The molecule has 1 N–H and O–H groups in total. The van der Waals surface area contributed by atoms with Gasteiger partial charge in [0.2, 0.25) is 0 Å². The summed E-state index contributed by atoms with van der Waals surface area (Å²) in [6, 6.07) is 0. The van der Waals surface area contributed by atoms with Gasteiger partial charge in [0.1, 0.15) is 6.29 Å². The van der Waals surface area contributed by atoms with Crippen molar-refractivity contribution >= 4 is 35.8 Å². The van der Waals surface area contributed by atoms with Crippen molar-refractivity contribution in [3.05, 3.63) is 0 Å². The average molecular weight is 112 g/mol. The van der Waals surface area contributed by atoms with E-state index in [1.165, 1.54) is 0 Å². The summed E-state index contributed by atoms with van der Waals surface area (Å²) in [6.07, 6.45) is 0.479. The molecule has 0 aliphatic carbocycles. The maximum atomic E-state index is 9.46. The quantitative estimate of drug-likeness (QED) is 0.379. The number of rotatable bonds is 2. The van der Waals surface area contributed by atoms with Crippen molar-refractivity contribution in [1.82, 2.24) is 0 Å². The van der Waals surface area contributed by atoms with Crippen LogP contribution in [0.15, 0.2) is 0 Å². The predicted molar refractivity (Wildman–Crippen MR) is 29.5 cm³/mol. The molecule has 0 saturated heterocycles. The van der Waals surface area contributed by atoms with Crippen LogP contribution in [0.2, 0.25) is 0 Å². The fourth-order valence-corrected chi connectivity index (χ4v) is 0.139. The van der Waals surface area contributed by atoms with Gasteiger partial charge in [-0.2, -0.15) is 0 Å². The number of hydrogen-bond acceptors (Lipinski definition) is 2. The van der Waals surface area contributed by atoms with E-state index in [2.05, 4.69) is 0 Å². The van der Waals surface area contributed by atoms with Crippen LogP contribution in [0.4, 0.5) is 0 Å². The van der Waals surface area contributed by atoms with Gasteiger partial charge < -0.3 is 9.90 Å². The molecule has 0 aromatic heterocycles. The summed E-state index contributed by atoms with van der Waals surface area (Å²) in [4.78, 5) is 9.46. The zero-order valence-electron chi connectivity index (χ0n) is 3.72. The molecular formula is C4H9NaO2. The topological polar surface area (TPSA) is 37.3 Å². The molecule has 0 amide bonds. The number of carbonyl (C=O) groups is 1. The van der Waals surface area contributed by atoms with E-state index in [0.717, 1.165) is 0 Å². The molecule has 0 rings (SSSR count). The molecule has 0 heterocycles. The normalized spacial score (nSPS) is 11.7. The molecule has 0 aliphatic heterocycles. The fraction of sp³-hybridized carbons (Fsp3) is 0.750. The Labute approximate surface area is 65.2 Å². The second kappa shape index (κ2) is 6.63. The molecule has 0 fully saturated rings. The molecule has 3 heteroatoms. The van der Waals surface area contributed by atoms with Crippen LogP contribution in [0.5, 0.6) is 0 Å². The zero-order valence-corrected chi connectivity index (χ0v) is 3.72. The molecule has 38 valence electrons. The first-order chi connectivity index (χ1) is 2.77. The third-order valence-corrected chi connectivity index (χ3v) is 0.437. The molecular weight excluding hydrogens is 103 g/mol. The first kappa shape index (κ1) is 10.6. The van der Waals surface area contributed by atoms with Gasteiger partial charge in [-0.1, -0.05) is 0 Å². The molecule has 0 aliphatic rings. The predicted octanol–water partition coefficient (Wildman–Crippen LogP) is -0.692. The van der Waals surface area contributed by atoms with Crippen LogP contribution in [0.3, 0.4) is 0 Å². The van der Waals surface area contributed by atoms with E-state index < -0.39 is 6.10 Å². The summed E-state index contributed by atoms with van der Waals surface area (Å²) in [6.45, 7) is 1.58. The number of aliphatic hydroxyl groups excluding tert-OH is 1. The summed E-state index contributed by atoms with van der Waals surface area (Å²) in [5.74, 6) is 0. The average Bonchev–Trinajstić information content (AvgIpc) is 1.35. The molecule has 0 aromatic carbocycles. The number of carbonyl (C=O) groups excluding carboxylic acids is 1. The molecule has 1 unspecified atom stereocenters. The van der Waals surface area contributed by atoms with Crippen molar-refractivity contribution in [2.45, 2.75) is 19.4 Å². The number of hydrogen-bond donors (Lipinski definition) is 1. The Morgan fingerprint density at radius 2 is 2.29 bits per heavy atom. The van der Waals surface area contributed by atoms with Crippen molar-refractivity contribution in [3.63, 3.8) is 0 Å². The molecule has 0 radical (unpaired) electrons. The Morgan fingerprint density at radius 1 is 1.86 bits per heavy atom. The molecule has 0 spiro atoms. The summed E-state index contributed by atoms with van der Waals surface area (Å²) in [5.41, 5.74) is 0. The standard InChI is InChI=1S/C4H8O2.Na.H/c1-4(6)2-3-5;;/h3-4,6H,2H2,1H3;;. The van der Waals surface area contributed by atoms with Crippen LogP contribution in [0, 0.1) is 0 Å². The first-order valence-corrected chi connectivity index (χ1v) is 1.89. The SMILES string of the molecule is CC(O)CC=O.[NaH]. The van der Waals surface area contributed by atoms with Gasteiger partial charge in [0.05, 0.1) is 6.10 Å². The van der Waals surface area contributed by atoms with E-state index in [0.29, 0.717) is 6.29 Å². The second-order valence-corrected chi connectivity index (χ2v) is 1.25. The summed E-state index contributed by atoms with van der Waals surface area (Å²) in [7, 11) is 0. The summed E-state index contributed by atoms with van der Waals surface area (Å²) in [5, 5.41) is 8.32. The van der Waals surface area contributed by atoms with E-state index in [1.54, 1.807) is 6.92 Å². The van der Waals surface area contributed by atoms with Gasteiger partial charge in [-0.25, -0.2) is 0 Å². The van der Waals surface area contributed by atoms with E-state index in [-0.39, 0.29) is 36.0 Å². The van der Waals surface area contributed by atoms with Crippen LogP contribution in [0.1, 0.15) is 13.3 Å². The Bertz CT molecular complexity index is 45.0. The van der Waals surface area contributed by atoms with Gasteiger partial charge in [-0.15, -0.1) is 0 Å². The van der Waals surface area contributed by atoms with Gasteiger partial charge in [-0.05, 0) is 6.92 Å². The van der Waals surface area contributed by atoms with E-state index in [4.69, 9.17) is 5.11 Å². The van der Waals surface area contributed by atoms with Crippen molar-refractivity contribution in [1.29, 1.82) is 0 Å². The monoisotopic (exact) mass is 112 g/mol. The van der Waals surface area contributed by atoms with Crippen molar-refractivity contribution in [2.24, 2.45) is 0 Å². The van der Waals surface area contributed by atoms with Gasteiger partial charge in [0, 0.05) is 6.42 Å². The van der Waals surface area contributed by atoms with Gasteiger partial charge >= 0.3 is 29.6 Å². The third kappa shape index (κ3) is 10.8. The second-order valence-electron chi connectivity index (χ2n) is 1.25. The van der Waals surface area contributed by atoms with Crippen LogP contribution in [-0.2, 0) is 4.79 Å². The van der Waals surface area contributed by atoms with Gasteiger partial charge in [0.25, 0.3) is 0 Å². The van der Waals surface area contributed by atoms with Crippen molar-refractivity contribution < 1.29 is 9.90 Å². The van der Waals surface area contributed by atoms with Crippen molar-refractivity contribution in [2.75, 3.05) is 0 Å². The third-order valence-electron chi connectivity index (χ3n) is 0.437. The van der Waals surface area contributed by atoms with Crippen LogP contribution >= 0.6 is 0 Å². The van der Waals surface area contributed by atoms with Crippen LogP contribution in [0.25, 0.3) is 0 Å². The Balaban J connectivity index is 0. The molecule has 0 aromatic rings. The van der Waals surface area contributed by atoms with Gasteiger partial charge in [0.15, 0.2) is 0 Å². The molecule has 0 bridgehead atoms. The minimum atomic E-state index is -0.470.